The second-order valence-corrected chi connectivity index (χ2v) is 8.93. The number of fused-ring (bicyclic) bond motifs is 2. The third-order valence-corrected chi connectivity index (χ3v) is 6.96. The SMILES string of the molecule is COc1ccc(C2=NN(CC(=O)c3ccc4ccccc4c3)C(=O)[C@@H]3CCCC[C@H]23)cc1OC. The highest BCUT2D eigenvalue weighted by Crippen LogP contribution is 2.39. The number of hydrogen-bond donors (Lipinski definition) is 0. The van der Waals surface area contributed by atoms with Gasteiger partial charge in [-0.1, -0.05) is 49.2 Å². The molecule has 0 saturated heterocycles. The van der Waals surface area contributed by atoms with Gasteiger partial charge in [0.15, 0.2) is 17.3 Å². The van der Waals surface area contributed by atoms with Gasteiger partial charge in [-0.15, -0.1) is 0 Å². The highest BCUT2D eigenvalue weighted by molar-refractivity contribution is 6.08. The average molecular weight is 457 g/mol. The lowest BCUT2D eigenvalue weighted by Gasteiger charge is -2.38. The summed E-state index contributed by atoms with van der Waals surface area (Å²) in [6, 6.07) is 19.3. The number of rotatable bonds is 6. The lowest BCUT2D eigenvalue weighted by Crippen LogP contribution is -2.47. The van der Waals surface area contributed by atoms with Crippen LogP contribution < -0.4 is 9.47 Å². The number of nitrogens with zero attached hydrogens (tertiary/aromatic N) is 2. The summed E-state index contributed by atoms with van der Waals surface area (Å²) in [7, 11) is 3.21. The van der Waals surface area contributed by atoms with Crippen LogP contribution in [0.2, 0.25) is 0 Å². The van der Waals surface area contributed by atoms with Gasteiger partial charge in [0.1, 0.15) is 6.54 Å². The summed E-state index contributed by atoms with van der Waals surface area (Å²) in [6.45, 7) is -0.0722. The lowest BCUT2D eigenvalue weighted by molar-refractivity contribution is -0.138. The first-order valence-electron chi connectivity index (χ1n) is 11.7. The molecule has 34 heavy (non-hydrogen) atoms. The molecule has 1 aliphatic heterocycles. The Kier molecular flexibility index (Phi) is 6.05. The zero-order valence-corrected chi connectivity index (χ0v) is 19.5. The number of hydrogen-bond acceptors (Lipinski definition) is 5. The summed E-state index contributed by atoms with van der Waals surface area (Å²) in [4.78, 5) is 26.6. The summed E-state index contributed by atoms with van der Waals surface area (Å²) < 4.78 is 10.9. The fourth-order valence-electron chi connectivity index (χ4n) is 5.17. The summed E-state index contributed by atoms with van der Waals surface area (Å²) in [5, 5.41) is 8.22. The number of methoxy groups -OCH3 is 2. The molecule has 1 aliphatic carbocycles. The fraction of sp³-hybridized carbons (Fsp3) is 0.321. The van der Waals surface area contributed by atoms with Crippen molar-refractivity contribution in [2.45, 2.75) is 25.7 Å². The van der Waals surface area contributed by atoms with Crippen LogP contribution in [0.3, 0.4) is 0 Å². The molecule has 0 radical (unpaired) electrons. The van der Waals surface area contributed by atoms with Crippen LogP contribution in [0.4, 0.5) is 0 Å². The molecule has 3 aromatic carbocycles. The first kappa shape index (κ1) is 22.1. The van der Waals surface area contributed by atoms with E-state index in [1.165, 1.54) is 5.01 Å². The highest BCUT2D eigenvalue weighted by atomic mass is 16.5. The van der Waals surface area contributed by atoms with Crippen LogP contribution in [0.25, 0.3) is 10.8 Å². The molecule has 0 N–H and O–H groups in total. The van der Waals surface area contributed by atoms with Crippen molar-refractivity contribution in [2.24, 2.45) is 16.9 Å². The number of carbonyl (C=O) groups excluding carboxylic acids is 2. The van der Waals surface area contributed by atoms with Crippen LogP contribution in [0, 0.1) is 11.8 Å². The molecule has 6 nitrogen and oxygen atoms in total. The fourth-order valence-corrected chi connectivity index (χ4v) is 5.17. The standard InChI is InChI=1S/C28H28N2O4/c1-33-25-14-13-21(16-26(25)34-2)27-22-9-5-6-10-23(22)28(32)30(29-27)17-24(31)20-12-11-18-7-3-4-8-19(18)15-20/h3-4,7-8,11-16,22-23H,5-6,9-10,17H2,1-2H3/t22-,23+/m0/s1. The molecule has 1 fully saturated rings. The normalized spacial score (nSPS) is 20.0. The van der Waals surface area contributed by atoms with Crippen molar-refractivity contribution in [1.82, 2.24) is 5.01 Å². The minimum atomic E-state index is -0.154. The summed E-state index contributed by atoms with van der Waals surface area (Å²) >= 11 is 0. The molecule has 1 saturated carbocycles. The third-order valence-electron chi connectivity index (χ3n) is 6.96. The van der Waals surface area contributed by atoms with Gasteiger partial charge in [-0.3, -0.25) is 9.59 Å². The van der Waals surface area contributed by atoms with Crippen LogP contribution in [-0.2, 0) is 4.79 Å². The van der Waals surface area contributed by atoms with Gasteiger partial charge in [0.05, 0.1) is 19.9 Å². The smallest absolute Gasteiger partial charge is 0.246 e. The topological polar surface area (TPSA) is 68.2 Å². The molecular formula is C28H28N2O4. The van der Waals surface area contributed by atoms with Crippen LogP contribution in [-0.4, -0.2) is 43.2 Å². The van der Waals surface area contributed by atoms with Gasteiger partial charge in [-0.05, 0) is 47.9 Å². The predicted octanol–water partition coefficient (Wildman–Crippen LogP) is 5.09. The van der Waals surface area contributed by atoms with E-state index in [-0.39, 0.29) is 30.1 Å². The van der Waals surface area contributed by atoms with Gasteiger partial charge in [0.25, 0.3) is 0 Å². The molecular weight excluding hydrogens is 428 g/mol. The second kappa shape index (κ2) is 9.29. The molecule has 0 unspecified atom stereocenters. The Hall–Kier alpha value is -3.67. The van der Waals surface area contributed by atoms with Crippen LogP contribution >= 0.6 is 0 Å². The first-order valence-corrected chi connectivity index (χ1v) is 11.7. The molecule has 6 heteroatoms. The van der Waals surface area contributed by atoms with Crippen molar-refractivity contribution in [2.75, 3.05) is 20.8 Å². The Bertz CT molecular complexity index is 1280. The van der Waals surface area contributed by atoms with Crippen molar-refractivity contribution in [3.63, 3.8) is 0 Å². The van der Waals surface area contributed by atoms with Crippen molar-refractivity contribution in [1.29, 1.82) is 0 Å². The average Bonchev–Trinajstić information content (AvgIpc) is 2.89. The largest absolute Gasteiger partial charge is 0.493 e. The lowest BCUT2D eigenvalue weighted by atomic mass is 9.73. The van der Waals surface area contributed by atoms with Gasteiger partial charge in [-0.25, -0.2) is 5.01 Å². The molecule has 2 atom stereocenters. The van der Waals surface area contributed by atoms with E-state index in [9.17, 15) is 9.59 Å². The van der Waals surface area contributed by atoms with Crippen LogP contribution in [0.15, 0.2) is 65.8 Å². The Labute approximate surface area is 199 Å². The number of benzene rings is 3. The van der Waals surface area contributed by atoms with Crippen molar-refractivity contribution in [3.05, 3.63) is 71.8 Å². The van der Waals surface area contributed by atoms with Gasteiger partial charge >= 0.3 is 0 Å². The van der Waals surface area contributed by atoms with E-state index >= 15 is 0 Å². The minimum Gasteiger partial charge on any atom is -0.493 e. The second-order valence-electron chi connectivity index (χ2n) is 8.93. The zero-order chi connectivity index (χ0) is 23.7. The van der Waals surface area contributed by atoms with E-state index in [1.807, 2.05) is 60.7 Å². The molecule has 1 heterocycles. The third kappa shape index (κ3) is 4.04. The van der Waals surface area contributed by atoms with Gasteiger partial charge in [0, 0.05) is 23.0 Å². The number of hydrazone groups is 1. The molecule has 5 rings (SSSR count). The molecule has 2 aliphatic rings. The van der Waals surface area contributed by atoms with E-state index in [0.29, 0.717) is 17.1 Å². The van der Waals surface area contributed by atoms with Crippen molar-refractivity contribution >= 4 is 28.2 Å². The zero-order valence-electron chi connectivity index (χ0n) is 19.5. The minimum absolute atomic E-state index is 0.0476. The number of carbonyl (C=O) groups is 2. The highest BCUT2D eigenvalue weighted by Gasteiger charge is 2.41. The van der Waals surface area contributed by atoms with Crippen molar-refractivity contribution in [3.8, 4) is 11.5 Å². The van der Waals surface area contributed by atoms with Crippen LogP contribution in [0.5, 0.6) is 11.5 Å². The van der Waals surface area contributed by atoms with Crippen molar-refractivity contribution < 1.29 is 19.1 Å². The molecule has 0 aromatic heterocycles. The van der Waals surface area contributed by atoms with E-state index < -0.39 is 0 Å². The van der Waals surface area contributed by atoms with E-state index in [1.54, 1.807) is 14.2 Å². The number of Topliss-reactive ketones (excluding diaryl/α,β-unsaturated/α-hetero) is 1. The van der Waals surface area contributed by atoms with E-state index in [4.69, 9.17) is 14.6 Å². The van der Waals surface area contributed by atoms with Gasteiger partial charge in [-0.2, -0.15) is 5.10 Å². The predicted molar refractivity (Wildman–Crippen MR) is 132 cm³/mol. The van der Waals surface area contributed by atoms with E-state index in [2.05, 4.69) is 0 Å². The maximum Gasteiger partial charge on any atom is 0.246 e. The molecule has 0 spiro atoms. The number of ketones is 1. The monoisotopic (exact) mass is 456 g/mol. The number of amides is 1. The quantitative estimate of drug-likeness (QED) is 0.485. The molecule has 174 valence electrons. The maximum absolute atomic E-state index is 13.4. The van der Waals surface area contributed by atoms with Gasteiger partial charge in [0.2, 0.25) is 5.91 Å². The Morgan fingerprint density at radius 3 is 2.41 bits per heavy atom. The van der Waals surface area contributed by atoms with Crippen LogP contribution in [0.1, 0.15) is 41.6 Å². The maximum atomic E-state index is 13.4. The summed E-state index contributed by atoms with van der Waals surface area (Å²) in [5.74, 6) is 0.977. The Morgan fingerprint density at radius 2 is 1.65 bits per heavy atom. The first-order chi connectivity index (χ1) is 16.6. The molecule has 0 bridgehead atoms. The Morgan fingerprint density at radius 1 is 0.912 bits per heavy atom. The number of ether oxygens (including phenoxy) is 2. The Balaban J connectivity index is 1.49. The van der Waals surface area contributed by atoms with Gasteiger partial charge < -0.3 is 9.47 Å². The summed E-state index contributed by atoms with van der Waals surface area (Å²) in [5.41, 5.74) is 2.32. The molecule has 1 amide bonds. The van der Waals surface area contributed by atoms with E-state index in [0.717, 1.165) is 47.7 Å². The summed E-state index contributed by atoms with van der Waals surface area (Å²) in [6.07, 6.45) is 3.81. The molecule has 3 aromatic rings.